The zero-order valence-corrected chi connectivity index (χ0v) is 11.1. The van der Waals surface area contributed by atoms with Crippen LogP contribution in [0, 0.1) is 0 Å². The number of aromatic nitrogens is 1. The normalized spacial score (nSPS) is 22.1. The molecule has 4 nitrogen and oxygen atoms in total. The zero-order chi connectivity index (χ0) is 12.6. The van der Waals surface area contributed by atoms with Crippen molar-refractivity contribution < 1.29 is 9.90 Å². The van der Waals surface area contributed by atoms with Gasteiger partial charge >= 0.3 is 0 Å². The third-order valence-electron chi connectivity index (χ3n) is 3.88. The molecule has 1 aromatic heterocycles. The summed E-state index contributed by atoms with van der Waals surface area (Å²) >= 11 is 1.40. The summed E-state index contributed by atoms with van der Waals surface area (Å²) in [4.78, 5) is 17.1. The number of hydrogen-bond acceptors (Lipinski definition) is 4. The minimum Gasteiger partial charge on any atom is -0.388 e. The smallest absolute Gasteiger partial charge is 0.263 e. The van der Waals surface area contributed by atoms with Crippen LogP contribution in [0.2, 0.25) is 0 Å². The number of hydrogen-bond donors (Lipinski definition) is 2. The quantitative estimate of drug-likeness (QED) is 0.877. The Labute approximate surface area is 110 Å². The fourth-order valence-electron chi connectivity index (χ4n) is 2.61. The van der Waals surface area contributed by atoms with Crippen molar-refractivity contribution in [2.24, 2.45) is 0 Å². The molecule has 0 unspecified atom stereocenters. The van der Waals surface area contributed by atoms with Crippen molar-refractivity contribution in [1.29, 1.82) is 0 Å². The molecule has 3 rings (SSSR count). The number of nitrogens with one attached hydrogen (secondary N) is 1. The standard InChI is InChI=1S/C13H18N2O2S/c16-12(14-7-13(17)5-1-2-6-13)11-10(9-3-4-9)15-8-18-11/h8-9,17H,1-7H2,(H,14,16). The summed E-state index contributed by atoms with van der Waals surface area (Å²) in [5.41, 5.74) is 2.02. The lowest BCUT2D eigenvalue weighted by Gasteiger charge is -2.22. The molecule has 18 heavy (non-hydrogen) atoms. The highest BCUT2D eigenvalue weighted by molar-refractivity contribution is 7.11. The van der Waals surface area contributed by atoms with Gasteiger partial charge in [0.05, 0.1) is 16.8 Å². The first-order valence-corrected chi connectivity index (χ1v) is 7.50. The van der Waals surface area contributed by atoms with E-state index in [1.54, 1.807) is 5.51 Å². The average molecular weight is 266 g/mol. The van der Waals surface area contributed by atoms with Crippen LogP contribution in [0.4, 0.5) is 0 Å². The number of aliphatic hydroxyl groups is 1. The summed E-state index contributed by atoms with van der Waals surface area (Å²) in [5.74, 6) is 0.422. The number of carbonyl (C=O) groups is 1. The number of rotatable bonds is 4. The van der Waals surface area contributed by atoms with Crippen LogP contribution in [0.1, 0.15) is 59.8 Å². The molecule has 0 spiro atoms. The zero-order valence-electron chi connectivity index (χ0n) is 10.3. The Bertz CT molecular complexity index is 448. The summed E-state index contributed by atoms with van der Waals surface area (Å²) in [6, 6.07) is 0. The molecule has 2 fully saturated rings. The number of amides is 1. The third-order valence-corrected chi connectivity index (χ3v) is 4.72. The molecule has 1 heterocycles. The Kier molecular flexibility index (Phi) is 3.11. The Hall–Kier alpha value is -0.940. The molecule has 0 saturated heterocycles. The van der Waals surface area contributed by atoms with Gasteiger partial charge in [-0.2, -0.15) is 0 Å². The second-order valence-electron chi connectivity index (χ2n) is 5.46. The topological polar surface area (TPSA) is 62.2 Å². The van der Waals surface area contributed by atoms with Gasteiger partial charge < -0.3 is 10.4 Å². The highest BCUT2D eigenvalue weighted by Crippen LogP contribution is 2.41. The molecule has 0 bridgehead atoms. The van der Waals surface area contributed by atoms with Gasteiger partial charge in [0.1, 0.15) is 4.88 Å². The van der Waals surface area contributed by atoms with Crippen LogP contribution in [0.5, 0.6) is 0 Å². The first-order valence-electron chi connectivity index (χ1n) is 6.62. The Balaban J connectivity index is 1.62. The van der Waals surface area contributed by atoms with Gasteiger partial charge in [-0.25, -0.2) is 4.98 Å². The number of nitrogens with zero attached hydrogens (tertiary/aromatic N) is 1. The number of carbonyl (C=O) groups excluding carboxylic acids is 1. The lowest BCUT2D eigenvalue weighted by Crippen LogP contribution is -2.40. The van der Waals surface area contributed by atoms with Crippen LogP contribution in [-0.2, 0) is 0 Å². The van der Waals surface area contributed by atoms with Crippen molar-refractivity contribution in [3.05, 3.63) is 16.1 Å². The molecule has 2 aliphatic rings. The molecule has 98 valence electrons. The molecule has 2 N–H and O–H groups in total. The van der Waals surface area contributed by atoms with E-state index in [9.17, 15) is 9.90 Å². The Morgan fingerprint density at radius 2 is 2.22 bits per heavy atom. The van der Waals surface area contributed by atoms with Crippen LogP contribution in [-0.4, -0.2) is 28.1 Å². The summed E-state index contributed by atoms with van der Waals surface area (Å²) in [5, 5.41) is 13.1. The van der Waals surface area contributed by atoms with Crippen LogP contribution in [0.15, 0.2) is 5.51 Å². The van der Waals surface area contributed by atoms with Gasteiger partial charge in [-0.1, -0.05) is 12.8 Å². The van der Waals surface area contributed by atoms with Crippen molar-refractivity contribution in [2.75, 3.05) is 6.54 Å². The van der Waals surface area contributed by atoms with Crippen LogP contribution in [0.3, 0.4) is 0 Å². The minimum absolute atomic E-state index is 0.0697. The largest absolute Gasteiger partial charge is 0.388 e. The number of thiazole rings is 1. The van der Waals surface area contributed by atoms with E-state index in [0.29, 0.717) is 12.5 Å². The molecule has 1 aromatic rings. The maximum Gasteiger partial charge on any atom is 0.263 e. The molecule has 1 amide bonds. The Morgan fingerprint density at radius 3 is 2.89 bits per heavy atom. The van der Waals surface area contributed by atoms with E-state index in [-0.39, 0.29) is 5.91 Å². The fraction of sp³-hybridized carbons (Fsp3) is 0.692. The van der Waals surface area contributed by atoms with E-state index in [1.807, 2.05) is 0 Å². The van der Waals surface area contributed by atoms with Crippen LogP contribution >= 0.6 is 11.3 Å². The lowest BCUT2D eigenvalue weighted by atomic mass is 10.0. The molecular formula is C13H18N2O2S. The molecule has 0 aromatic carbocycles. The molecule has 2 aliphatic carbocycles. The van der Waals surface area contributed by atoms with Gasteiger partial charge in [-0.15, -0.1) is 11.3 Å². The van der Waals surface area contributed by atoms with Gasteiger partial charge in [-0.05, 0) is 25.7 Å². The van der Waals surface area contributed by atoms with E-state index < -0.39 is 5.60 Å². The second-order valence-corrected chi connectivity index (χ2v) is 6.31. The minimum atomic E-state index is -0.680. The molecular weight excluding hydrogens is 248 g/mol. The van der Waals surface area contributed by atoms with Crippen molar-refractivity contribution in [3.63, 3.8) is 0 Å². The first kappa shape index (κ1) is 12.1. The third kappa shape index (κ3) is 2.42. The highest BCUT2D eigenvalue weighted by atomic mass is 32.1. The van der Waals surface area contributed by atoms with Gasteiger partial charge in [0, 0.05) is 12.5 Å². The molecule has 0 atom stereocenters. The van der Waals surface area contributed by atoms with E-state index in [2.05, 4.69) is 10.3 Å². The van der Waals surface area contributed by atoms with Crippen LogP contribution < -0.4 is 5.32 Å². The van der Waals surface area contributed by atoms with Crippen molar-refractivity contribution in [2.45, 2.75) is 50.0 Å². The van der Waals surface area contributed by atoms with E-state index >= 15 is 0 Å². The fourth-order valence-corrected chi connectivity index (χ4v) is 3.40. The van der Waals surface area contributed by atoms with E-state index in [1.165, 1.54) is 11.3 Å². The monoisotopic (exact) mass is 266 g/mol. The maximum absolute atomic E-state index is 12.1. The van der Waals surface area contributed by atoms with E-state index in [0.717, 1.165) is 49.1 Å². The van der Waals surface area contributed by atoms with Gasteiger partial charge in [0.2, 0.25) is 0 Å². The maximum atomic E-state index is 12.1. The van der Waals surface area contributed by atoms with Crippen molar-refractivity contribution in [3.8, 4) is 0 Å². The first-order chi connectivity index (χ1) is 8.68. The summed E-state index contributed by atoms with van der Waals surface area (Å²) < 4.78 is 0. The molecule has 2 saturated carbocycles. The summed E-state index contributed by atoms with van der Waals surface area (Å²) in [7, 11) is 0. The summed E-state index contributed by atoms with van der Waals surface area (Å²) in [6.07, 6.45) is 6.00. The van der Waals surface area contributed by atoms with Crippen molar-refractivity contribution in [1.82, 2.24) is 10.3 Å². The van der Waals surface area contributed by atoms with Gasteiger partial charge in [-0.3, -0.25) is 4.79 Å². The average Bonchev–Trinajstić information content (AvgIpc) is 2.92. The summed E-state index contributed by atoms with van der Waals surface area (Å²) in [6.45, 7) is 0.369. The van der Waals surface area contributed by atoms with E-state index in [4.69, 9.17) is 0 Å². The predicted molar refractivity (Wildman–Crippen MR) is 69.8 cm³/mol. The highest BCUT2D eigenvalue weighted by Gasteiger charge is 2.33. The van der Waals surface area contributed by atoms with Gasteiger partial charge in [0.25, 0.3) is 5.91 Å². The van der Waals surface area contributed by atoms with Crippen LogP contribution in [0.25, 0.3) is 0 Å². The molecule has 0 aliphatic heterocycles. The van der Waals surface area contributed by atoms with Crippen molar-refractivity contribution >= 4 is 17.2 Å². The van der Waals surface area contributed by atoms with Gasteiger partial charge in [0.15, 0.2) is 0 Å². The lowest BCUT2D eigenvalue weighted by molar-refractivity contribution is 0.0450. The molecule has 5 heteroatoms. The SMILES string of the molecule is O=C(NCC1(O)CCCC1)c1scnc1C1CC1. The molecule has 0 radical (unpaired) electrons. The Morgan fingerprint density at radius 1 is 1.50 bits per heavy atom. The second kappa shape index (κ2) is 4.63. The predicted octanol–water partition coefficient (Wildman–Crippen LogP) is 2.06.